The molecule has 2 aromatic rings. The highest BCUT2D eigenvalue weighted by Crippen LogP contribution is 2.17. The maximum Gasteiger partial charge on any atom is 0.155 e. The quantitative estimate of drug-likeness (QED) is 0.825. The van der Waals surface area contributed by atoms with Crippen molar-refractivity contribution in [2.45, 2.75) is 46.6 Å². The van der Waals surface area contributed by atoms with Crippen LogP contribution in [0.5, 0.6) is 0 Å². The lowest BCUT2D eigenvalue weighted by atomic mass is 10.1. The van der Waals surface area contributed by atoms with Crippen molar-refractivity contribution in [3.63, 3.8) is 0 Å². The number of aromatic nitrogens is 3. The van der Waals surface area contributed by atoms with Gasteiger partial charge in [-0.15, -0.1) is 0 Å². The molecule has 4 heteroatoms. The molecule has 98 valence electrons. The summed E-state index contributed by atoms with van der Waals surface area (Å²) in [5.74, 6) is 0. The van der Waals surface area contributed by atoms with Crippen molar-refractivity contribution in [2.75, 3.05) is 6.54 Å². The molecule has 0 fully saturated rings. The van der Waals surface area contributed by atoms with Gasteiger partial charge in [0.1, 0.15) is 0 Å². The second kappa shape index (κ2) is 5.48. The van der Waals surface area contributed by atoms with Crippen LogP contribution in [-0.2, 0) is 0 Å². The van der Waals surface area contributed by atoms with Crippen LogP contribution in [-0.4, -0.2) is 21.1 Å². The fraction of sp³-hybridized carbons (Fsp3) is 0.571. The molecule has 0 saturated heterocycles. The molecular weight excluding hydrogens is 224 g/mol. The zero-order valence-corrected chi connectivity index (χ0v) is 11.7. The van der Waals surface area contributed by atoms with E-state index in [1.807, 2.05) is 23.7 Å². The predicted octanol–water partition coefficient (Wildman–Crippen LogP) is 2.80. The van der Waals surface area contributed by atoms with E-state index >= 15 is 0 Å². The fourth-order valence-electron chi connectivity index (χ4n) is 2.21. The van der Waals surface area contributed by atoms with Crippen LogP contribution in [0.2, 0.25) is 0 Å². The summed E-state index contributed by atoms with van der Waals surface area (Å²) in [5, 5.41) is 8.01. The summed E-state index contributed by atoms with van der Waals surface area (Å²) in [4.78, 5) is 4.47. The first-order chi connectivity index (χ1) is 8.63. The third-order valence-corrected chi connectivity index (χ3v) is 3.33. The fourth-order valence-corrected chi connectivity index (χ4v) is 2.21. The van der Waals surface area contributed by atoms with Gasteiger partial charge >= 0.3 is 0 Å². The summed E-state index contributed by atoms with van der Waals surface area (Å²) in [6.45, 7) is 9.54. The monoisotopic (exact) mass is 246 g/mol. The van der Waals surface area contributed by atoms with Crippen LogP contribution in [0.1, 0.15) is 49.7 Å². The number of unbranched alkanes of at least 4 members (excludes halogenated alkanes) is 1. The smallest absolute Gasteiger partial charge is 0.155 e. The van der Waals surface area contributed by atoms with Gasteiger partial charge < -0.3 is 5.32 Å². The predicted molar refractivity (Wildman–Crippen MR) is 73.8 cm³/mol. The Hall–Kier alpha value is -1.42. The number of rotatable bonds is 5. The van der Waals surface area contributed by atoms with Gasteiger partial charge in [0.2, 0.25) is 0 Å². The van der Waals surface area contributed by atoms with E-state index in [-0.39, 0.29) is 0 Å². The summed E-state index contributed by atoms with van der Waals surface area (Å²) in [6, 6.07) is 2.32. The molecule has 0 aliphatic carbocycles. The van der Waals surface area contributed by atoms with E-state index in [0.29, 0.717) is 6.04 Å². The molecule has 0 bridgehead atoms. The third-order valence-electron chi connectivity index (χ3n) is 3.33. The summed E-state index contributed by atoms with van der Waals surface area (Å²) in [5.41, 5.74) is 4.33. The lowest BCUT2D eigenvalue weighted by molar-refractivity contribution is 0.547. The van der Waals surface area contributed by atoms with Gasteiger partial charge in [0.25, 0.3) is 0 Å². The molecule has 18 heavy (non-hydrogen) atoms. The van der Waals surface area contributed by atoms with Gasteiger partial charge in [-0.3, -0.25) is 0 Å². The Morgan fingerprint density at radius 3 is 2.89 bits per heavy atom. The van der Waals surface area contributed by atoms with E-state index in [0.717, 1.165) is 17.9 Å². The van der Waals surface area contributed by atoms with Crippen molar-refractivity contribution in [3.05, 3.63) is 29.2 Å². The van der Waals surface area contributed by atoms with Crippen LogP contribution in [0.15, 0.2) is 12.3 Å². The topological polar surface area (TPSA) is 42.2 Å². The Bertz CT molecular complexity index is 530. The van der Waals surface area contributed by atoms with Gasteiger partial charge in [-0.25, -0.2) is 9.50 Å². The van der Waals surface area contributed by atoms with Crippen molar-refractivity contribution in [1.82, 2.24) is 19.9 Å². The summed E-state index contributed by atoms with van der Waals surface area (Å²) in [7, 11) is 0. The summed E-state index contributed by atoms with van der Waals surface area (Å²) in [6.07, 6.45) is 4.39. The standard InChI is InChI=1S/C14H22N4/c1-5-6-7-15-11(3)13-9-16-14-8-10(2)17-18(14)12(13)4/h8-9,11,15H,5-7H2,1-4H3. The van der Waals surface area contributed by atoms with Gasteiger partial charge in [-0.1, -0.05) is 13.3 Å². The molecule has 0 aromatic carbocycles. The normalized spacial score (nSPS) is 13.1. The third kappa shape index (κ3) is 2.53. The average molecular weight is 246 g/mol. The maximum absolute atomic E-state index is 4.48. The van der Waals surface area contributed by atoms with Gasteiger partial charge in [-0.2, -0.15) is 5.10 Å². The van der Waals surface area contributed by atoms with Crippen LogP contribution < -0.4 is 5.32 Å². The summed E-state index contributed by atoms with van der Waals surface area (Å²) < 4.78 is 1.93. The lowest BCUT2D eigenvalue weighted by Gasteiger charge is -2.16. The minimum atomic E-state index is 0.318. The second-order valence-corrected chi connectivity index (χ2v) is 4.88. The van der Waals surface area contributed by atoms with E-state index in [9.17, 15) is 0 Å². The molecule has 0 spiro atoms. The Labute approximate surface area is 108 Å². The Kier molecular flexibility index (Phi) is 3.97. The minimum absolute atomic E-state index is 0.318. The second-order valence-electron chi connectivity index (χ2n) is 4.88. The van der Waals surface area contributed by atoms with E-state index < -0.39 is 0 Å². The van der Waals surface area contributed by atoms with Crippen molar-refractivity contribution < 1.29 is 0 Å². The highest BCUT2D eigenvalue weighted by molar-refractivity contribution is 5.42. The van der Waals surface area contributed by atoms with E-state index in [2.05, 4.69) is 36.2 Å². The van der Waals surface area contributed by atoms with Gasteiger partial charge in [0.15, 0.2) is 5.65 Å². The highest BCUT2D eigenvalue weighted by Gasteiger charge is 2.12. The molecule has 2 aromatic heterocycles. The largest absolute Gasteiger partial charge is 0.310 e. The molecule has 2 heterocycles. The first-order valence-corrected chi connectivity index (χ1v) is 6.68. The number of fused-ring (bicyclic) bond motifs is 1. The average Bonchev–Trinajstić information content (AvgIpc) is 2.71. The highest BCUT2D eigenvalue weighted by atomic mass is 15.3. The SMILES string of the molecule is CCCCNC(C)c1cnc2cc(C)nn2c1C. The molecular formula is C14H22N4. The molecule has 0 saturated carbocycles. The van der Waals surface area contributed by atoms with Crippen LogP contribution in [0.3, 0.4) is 0 Å². The minimum Gasteiger partial charge on any atom is -0.310 e. The molecule has 0 aliphatic heterocycles. The van der Waals surface area contributed by atoms with Crippen LogP contribution in [0.4, 0.5) is 0 Å². The molecule has 0 radical (unpaired) electrons. The molecule has 2 rings (SSSR count). The molecule has 4 nitrogen and oxygen atoms in total. The van der Waals surface area contributed by atoms with E-state index in [1.54, 1.807) is 0 Å². The molecule has 1 atom stereocenters. The lowest BCUT2D eigenvalue weighted by Crippen LogP contribution is -2.21. The van der Waals surface area contributed by atoms with Gasteiger partial charge in [0, 0.05) is 29.6 Å². The molecule has 0 aliphatic rings. The van der Waals surface area contributed by atoms with Crippen molar-refractivity contribution in [1.29, 1.82) is 0 Å². The maximum atomic E-state index is 4.48. The number of hydrogen-bond donors (Lipinski definition) is 1. The molecule has 0 amide bonds. The van der Waals surface area contributed by atoms with E-state index in [4.69, 9.17) is 0 Å². The number of hydrogen-bond acceptors (Lipinski definition) is 3. The van der Waals surface area contributed by atoms with Gasteiger partial charge in [-0.05, 0) is 33.7 Å². The molecule has 1 unspecified atom stereocenters. The van der Waals surface area contributed by atoms with Crippen LogP contribution in [0.25, 0.3) is 5.65 Å². The Morgan fingerprint density at radius 1 is 1.39 bits per heavy atom. The Balaban J connectivity index is 2.24. The van der Waals surface area contributed by atoms with Crippen LogP contribution in [0, 0.1) is 13.8 Å². The van der Waals surface area contributed by atoms with Crippen molar-refractivity contribution in [3.8, 4) is 0 Å². The molecule has 1 N–H and O–H groups in total. The number of nitrogens with one attached hydrogen (secondary N) is 1. The zero-order valence-electron chi connectivity index (χ0n) is 11.7. The first kappa shape index (κ1) is 13.0. The zero-order chi connectivity index (χ0) is 13.1. The van der Waals surface area contributed by atoms with Crippen LogP contribution >= 0.6 is 0 Å². The summed E-state index contributed by atoms with van der Waals surface area (Å²) >= 11 is 0. The van der Waals surface area contributed by atoms with Crippen molar-refractivity contribution >= 4 is 5.65 Å². The van der Waals surface area contributed by atoms with Crippen molar-refractivity contribution in [2.24, 2.45) is 0 Å². The number of aryl methyl sites for hydroxylation is 2. The van der Waals surface area contributed by atoms with Gasteiger partial charge in [0.05, 0.1) is 5.69 Å². The first-order valence-electron chi connectivity index (χ1n) is 6.68. The number of nitrogens with zero attached hydrogens (tertiary/aromatic N) is 3. The Morgan fingerprint density at radius 2 is 2.17 bits per heavy atom. The van der Waals surface area contributed by atoms with E-state index in [1.165, 1.54) is 24.1 Å².